The summed E-state index contributed by atoms with van der Waals surface area (Å²) in [6, 6.07) is 1.000. The summed E-state index contributed by atoms with van der Waals surface area (Å²) in [5.74, 6) is 5.31. The SMILES string of the molecule is CN1CCC(Nc2nccn3c([Se]C(F)(F)F)c(C#CCNC(=O)c4cnn(CC(C)(C)O)c4)cc23)C(F)C1. The molecule has 1 aliphatic rings. The first kappa shape index (κ1) is 28.9. The van der Waals surface area contributed by atoms with Crippen molar-refractivity contribution in [3.05, 3.63) is 42.0 Å². The van der Waals surface area contributed by atoms with Gasteiger partial charge < -0.3 is 5.11 Å². The molecule has 39 heavy (non-hydrogen) atoms. The zero-order valence-corrected chi connectivity index (χ0v) is 23.3. The van der Waals surface area contributed by atoms with Gasteiger partial charge in [-0.3, -0.25) is 0 Å². The molecule has 1 amide bonds. The summed E-state index contributed by atoms with van der Waals surface area (Å²) in [6.45, 7) is 4.26. The Balaban J connectivity index is 1.52. The molecule has 1 fully saturated rings. The molecule has 9 nitrogen and oxygen atoms in total. The fourth-order valence-electron chi connectivity index (χ4n) is 4.22. The first-order valence-electron chi connectivity index (χ1n) is 12.2. The number of fused-ring (bicyclic) bond motifs is 1. The Morgan fingerprint density at radius 3 is 2.79 bits per heavy atom. The van der Waals surface area contributed by atoms with Crippen molar-refractivity contribution in [2.24, 2.45) is 0 Å². The van der Waals surface area contributed by atoms with E-state index >= 15 is 0 Å². The van der Waals surface area contributed by atoms with Crippen molar-refractivity contribution in [2.75, 3.05) is 32.0 Å². The van der Waals surface area contributed by atoms with E-state index in [-0.39, 0.29) is 35.4 Å². The average Bonchev–Trinajstić information content (AvgIpc) is 3.41. The molecule has 0 bridgehead atoms. The number of aliphatic hydroxyl groups is 1. The van der Waals surface area contributed by atoms with Gasteiger partial charge in [0.1, 0.15) is 0 Å². The Bertz CT molecular complexity index is 1390. The Labute approximate surface area is 229 Å². The number of alkyl halides is 4. The molecule has 3 N–H and O–H groups in total. The van der Waals surface area contributed by atoms with Crippen LogP contribution in [-0.2, 0) is 6.54 Å². The number of nitrogens with one attached hydrogen (secondary N) is 2. The molecular weight excluding hydrogens is 585 g/mol. The Morgan fingerprint density at radius 2 is 2.10 bits per heavy atom. The molecule has 3 aromatic rings. The molecule has 1 aliphatic heterocycles. The number of halogens is 4. The van der Waals surface area contributed by atoms with Crippen molar-refractivity contribution in [3.63, 3.8) is 0 Å². The Morgan fingerprint density at radius 1 is 1.33 bits per heavy atom. The number of carbonyl (C=O) groups is 1. The minimum absolute atomic E-state index is 0.0117. The second-order valence-electron chi connectivity index (χ2n) is 9.98. The van der Waals surface area contributed by atoms with Crippen LogP contribution < -0.4 is 15.2 Å². The summed E-state index contributed by atoms with van der Waals surface area (Å²) in [6.07, 6.45) is 5.03. The molecule has 3 aromatic heterocycles. The number of rotatable bonds is 7. The number of carbonyl (C=O) groups excluding carboxylic acids is 1. The van der Waals surface area contributed by atoms with Gasteiger partial charge >= 0.3 is 210 Å². The number of hydrogen-bond donors (Lipinski definition) is 3. The third-order valence-corrected chi connectivity index (χ3v) is 7.70. The van der Waals surface area contributed by atoms with E-state index in [4.69, 9.17) is 0 Å². The second-order valence-corrected chi connectivity index (χ2v) is 12.2. The predicted octanol–water partition coefficient (Wildman–Crippen LogP) is 1.39. The van der Waals surface area contributed by atoms with Crippen molar-refractivity contribution in [2.45, 2.75) is 49.7 Å². The van der Waals surface area contributed by atoms with Crippen LogP contribution in [0.4, 0.5) is 23.4 Å². The van der Waals surface area contributed by atoms with Crippen LogP contribution in [0.2, 0.25) is 0 Å². The fourth-order valence-corrected chi connectivity index (χ4v) is 5.68. The van der Waals surface area contributed by atoms with Gasteiger partial charge in [-0.25, -0.2) is 0 Å². The molecule has 1 saturated heterocycles. The van der Waals surface area contributed by atoms with Crippen molar-refractivity contribution in [1.29, 1.82) is 0 Å². The molecule has 0 radical (unpaired) electrons. The average molecular weight is 615 g/mol. The zero-order valence-electron chi connectivity index (χ0n) is 21.6. The minimum atomic E-state index is -4.43. The zero-order chi connectivity index (χ0) is 28.4. The van der Waals surface area contributed by atoms with Crippen LogP contribution in [0.3, 0.4) is 0 Å². The summed E-state index contributed by atoms with van der Waals surface area (Å²) in [4.78, 5) is 18.6. The predicted molar refractivity (Wildman–Crippen MR) is 139 cm³/mol. The molecule has 4 heterocycles. The fraction of sp³-hybridized carbons (Fsp3) is 0.480. The van der Waals surface area contributed by atoms with Crippen LogP contribution in [0.25, 0.3) is 5.52 Å². The molecular formula is C25H29F4N7O2Se. The number of hydrogen-bond acceptors (Lipinski definition) is 6. The van der Waals surface area contributed by atoms with Gasteiger partial charge in [-0.15, -0.1) is 0 Å². The number of nitrogens with zero attached hydrogens (tertiary/aromatic N) is 5. The summed E-state index contributed by atoms with van der Waals surface area (Å²) in [5.41, 5.74) is -0.209. The van der Waals surface area contributed by atoms with Gasteiger partial charge in [-0.1, -0.05) is 0 Å². The van der Waals surface area contributed by atoms with Gasteiger partial charge in [-0.05, 0) is 13.8 Å². The first-order valence-corrected chi connectivity index (χ1v) is 13.9. The Kier molecular flexibility index (Phi) is 8.56. The number of aromatic nitrogens is 4. The molecule has 2 unspecified atom stereocenters. The van der Waals surface area contributed by atoms with Gasteiger partial charge in [0.15, 0.2) is 0 Å². The van der Waals surface area contributed by atoms with E-state index in [1.165, 1.54) is 39.9 Å². The van der Waals surface area contributed by atoms with Crippen molar-refractivity contribution >= 4 is 36.8 Å². The number of amides is 1. The second kappa shape index (κ2) is 11.6. The molecule has 210 valence electrons. The summed E-state index contributed by atoms with van der Waals surface area (Å²) < 4.78 is 57.8. The third kappa shape index (κ3) is 7.73. The summed E-state index contributed by atoms with van der Waals surface area (Å²) in [5, 5.41) is 15.2. The van der Waals surface area contributed by atoms with E-state index in [0.29, 0.717) is 24.3 Å². The van der Waals surface area contributed by atoms with E-state index in [2.05, 4.69) is 32.6 Å². The molecule has 2 atom stereocenters. The van der Waals surface area contributed by atoms with Crippen molar-refractivity contribution < 1.29 is 27.5 Å². The molecule has 0 spiro atoms. The van der Waals surface area contributed by atoms with Crippen LogP contribution in [0.15, 0.2) is 30.9 Å². The molecule has 4 rings (SSSR count). The van der Waals surface area contributed by atoms with Crippen LogP contribution in [-0.4, -0.2) is 99.6 Å². The topological polar surface area (TPSA) is 99.7 Å². The standard InChI is InChI=1S/C25H29F4N7O2Se/c1-24(2,38)15-35-13-17(12-32-35)22(37)31-7-4-5-16-11-20-21(33-19-6-9-34(3)14-18(19)26)30-8-10-36(20)23(16)39-25(27,28)29/h8,10-13,18-19,38H,6-7,9,14-15H2,1-3H3,(H,30,33)(H,31,37). The Hall–Kier alpha value is -3.11. The van der Waals surface area contributed by atoms with Gasteiger partial charge in [0.25, 0.3) is 0 Å². The molecule has 0 aromatic carbocycles. The van der Waals surface area contributed by atoms with E-state index < -0.39 is 43.8 Å². The van der Waals surface area contributed by atoms with E-state index in [9.17, 15) is 27.5 Å². The van der Waals surface area contributed by atoms with Gasteiger partial charge in [0, 0.05) is 0 Å². The van der Waals surface area contributed by atoms with Crippen LogP contribution in [0.5, 0.6) is 0 Å². The van der Waals surface area contributed by atoms with Crippen LogP contribution in [0, 0.1) is 11.8 Å². The number of anilines is 1. The number of piperidine rings is 1. The van der Waals surface area contributed by atoms with Gasteiger partial charge in [0.2, 0.25) is 0 Å². The summed E-state index contributed by atoms with van der Waals surface area (Å²) >= 11 is -1.91. The number of likely N-dealkylation sites (tertiary alicyclic amines) is 1. The summed E-state index contributed by atoms with van der Waals surface area (Å²) in [7, 11) is 1.83. The molecule has 14 heteroatoms. The van der Waals surface area contributed by atoms with Crippen molar-refractivity contribution in [1.82, 2.24) is 29.4 Å². The first-order chi connectivity index (χ1) is 18.3. The normalized spacial score (nSPS) is 18.6. The van der Waals surface area contributed by atoms with E-state index in [0.717, 1.165) is 0 Å². The van der Waals surface area contributed by atoms with Crippen molar-refractivity contribution in [3.8, 4) is 11.8 Å². The monoisotopic (exact) mass is 615 g/mol. The van der Waals surface area contributed by atoms with Crippen LogP contribution >= 0.6 is 0 Å². The van der Waals surface area contributed by atoms with Gasteiger partial charge in [0.05, 0.1) is 0 Å². The van der Waals surface area contributed by atoms with E-state index in [1.54, 1.807) is 13.8 Å². The van der Waals surface area contributed by atoms with Gasteiger partial charge in [-0.2, -0.15) is 0 Å². The quantitative estimate of drug-likeness (QED) is 0.212. The van der Waals surface area contributed by atoms with E-state index in [1.807, 2.05) is 11.9 Å². The third-order valence-electron chi connectivity index (χ3n) is 5.94. The molecule has 0 saturated carbocycles. The maximum atomic E-state index is 14.6. The maximum absolute atomic E-state index is 14.6. The van der Waals surface area contributed by atoms with Crippen LogP contribution in [0.1, 0.15) is 36.2 Å². The molecule has 0 aliphatic carbocycles.